The quantitative estimate of drug-likeness (QED) is 0.736. The van der Waals surface area contributed by atoms with Gasteiger partial charge in [0.25, 0.3) is 0 Å². The molecule has 0 aliphatic carbocycles. The zero-order chi connectivity index (χ0) is 15.6. The molecular weight excluding hydrogens is 308 g/mol. The molecule has 1 fully saturated rings. The number of pyridine rings is 1. The van der Waals surface area contributed by atoms with Gasteiger partial charge in [-0.3, -0.25) is 4.98 Å². The van der Waals surface area contributed by atoms with E-state index in [-0.39, 0.29) is 0 Å². The lowest BCUT2D eigenvalue weighted by Gasteiger charge is -2.18. The number of rotatable bonds is 4. The molecule has 23 heavy (non-hydrogen) atoms. The summed E-state index contributed by atoms with van der Waals surface area (Å²) in [6, 6.07) is 3.80. The molecular formula is C17H18N4OS. The van der Waals surface area contributed by atoms with Crippen molar-refractivity contribution in [2.75, 3.05) is 24.6 Å². The zero-order valence-corrected chi connectivity index (χ0v) is 13.8. The molecule has 1 unspecified atom stereocenters. The lowest BCUT2D eigenvalue weighted by Crippen LogP contribution is -2.22. The van der Waals surface area contributed by atoms with E-state index in [0.29, 0.717) is 5.92 Å². The summed E-state index contributed by atoms with van der Waals surface area (Å²) in [7, 11) is 0. The highest BCUT2D eigenvalue weighted by atomic mass is 32.1. The Morgan fingerprint density at radius 2 is 2.17 bits per heavy atom. The van der Waals surface area contributed by atoms with Gasteiger partial charge in [-0.25, -0.2) is 9.97 Å². The van der Waals surface area contributed by atoms with Gasteiger partial charge in [-0.1, -0.05) is 0 Å². The van der Waals surface area contributed by atoms with Crippen LogP contribution in [0.5, 0.6) is 5.75 Å². The normalized spacial score (nSPS) is 17.8. The second-order valence-corrected chi connectivity index (χ2v) is 6.77. The lowest BCUT2D eigenvalue weighted by atomic mass is 10.1. The van der Waals surface area contributed by atoms with E-state index >= 15 is 0 Å². The van der Waals surface area contributed by atoms with Crippen LogP contribution >= 0.6 is 11.3 Å². The van der Waals surface area contributed by atoms with E-state index in [1.165, 1.54) is 10.3 Å². The molecule has 0 amide bonds. The Balaban J connectivity index is 1.45. The van der Waals surface area contributed by atoms with Gasteiger partial charge in [0.05, 0.1) is 16.8 Å². The molecule has 3 aromatic rings. The molecule has 0 radical (unpaired) electrons. The third-order valence-electron chi connectivity index (χ3n) is 4.23. The lowest BCUT2D eigenvalue weighted by molar-refractivity contribution is 0.261. The number of thiophene rings is 1. The fourth-order valence-electron chi connectivity index (χ4n) is 2.99. The number of nitrogens with zero attached hydrogens (tertiary/aromatic N) is 4. The first-order valence-corrected chi connectivity index (χ1v) is 8.66. The summed E-state index contributed by atoms with van der Waals surface area (Å²) in [5.74, 6) is 2.48. The van der Waals surface area contributed by atoms with E-state index in [9.17, 15) is 0 Å². The van der Waals surface area contributed by atoms with E-state index in [2.05, 4.69) is 32.2 Å². The van der Waals surface area contributed by atoms with E-state index in [1.807, 2.05) is 12.1 Å². The fourth-order valence-corrected chi connectivity index (χ4v) is 4.01. The van der Waals surface area contributed by atoms with Crippen molar-refractivity contribution in [2.24, 2.45) is 5.92 Å². The molecule has 118 valence electrons. The predicted molar refractivity (Wildman–Crippen MR) is 92.2 cm³/mol. The van der Waals surface area contributed by atoms with Crippen LogP contribution in [0.4, 0.5) is 5.82 Å². The van der Waals surface area contributed by atoms with Gasteiger partial charge in [-0.05, 0) is 36.4 Å². The standard InChI is InChI=1S/C17H18N4OS/c1-12-10-23-16-15(12)19-11-20-17(16)21-7-4-13(8-21)9-22-14-2-5-18-6-3-14/h2-3,5-6,10-11,13H,4,7-9H2,1H3. The van der Waals surface area contributed by atoms with Gasteiger partial charge >= 0.3 is 0 Å². The van der Waals surface area contributed by atoms with E-state index in [4.69, 9.17) is 4.74 Å². The molecule has 1 aliphatic rings. The first kappa shape index (κ1) is 14.4. The van der Waals surface area contributed by atoms with Crippen LogP contribution in [0, 0.1) is 12.8 Å². The van der Waals surface area contributed by atoms with Gasteiger partial charge in [0.15, 0.2) is 0 Å². The van der Waals surface area contributed by atoms with E-state index in [0.717, 1.165) is 43.2 Å². The van der Waals surface area contributed by atoms with Crippen molar-refractivity contribution in [3.8, 4) is 5.75 Å². The van der Waals surface area contributed by atoms with Crippen LogP contribution < -0.4 is 9.64 Å². The van der Waals surface area contributed by atoms with Gasteiger partial charge in [0.1, 0.15) is 17.9 Å². The third kappa shape index (κ3) is 2.86. The van der Waals surface area contributed by atoms with Crippen LogP contribution in [0.2, 0.25) is 0 Å². The SMILES string of the molecule is Cc1csc2c(N3CCC(COc4ccncc4)C3)ncnc12. The topological polar surface area (TPSA) is 51.1 Å². The van der Waals surface area contributed by atoms with Crippen LogP contribution in [-0.2, 0) is 0 Å². The first-order chi connectivity index (χ1) is 11.3. The van der Waals surface area contributed by atoms with Crippen molar-refractivity contribution >= 4 is 27.4 Å². The summed E-state index contributed by atoms with van der Waals surface area (Å²) >= 11 is 1.73. The van der Waals surface area contributed by atoms with E-state index in [1.54, 1.807) is 30.1 Å². The Labute approximate surface area is 139 Å². The Morgan fingerprint density at radius 3 is 3.04 bits per heavy atom. The number of fused-ring (bicyclic) bond motifs is 1. The summed E-state index contributed by atoms with van der Waals surface area (Å²) in [5, 5.41) is 2.16. The molecule has 4 rings (SSSR count). The average Bonchev–Trinajstić information content (AvgIpc) is 3.21. The smallest absolute Gasteiger partial charge is 0.150 e. The maximum Gasteiger partial charge on any atom is 0.150 e. The highest BCUT2D eigenvalue weighted by Crippen LogP contribution is 2.33. The highest BCUT2D eigenvalue weighted by Gasteiger charge is 2.26. The van der Waals surface area contributed by atoms with Crippen molar-refractivity contribution < 1.29 is 4.74 Å². The minimum absolute atomic E-state index is 0.522. The first-order valence-electron chi connectivity index (χ1n) is 7.78. The second kappa shape index (κ2) is 6.12. The molecule has 0 N–H and O–H groups in total. The Kier molecular flexibility index (Phi) is 3.83. The summed E-state index contributed by atoms with van der Waals surface area (Å²) in [4.78, 5) is 15.3. The second-order valence-electron chi connectivity index (χ2n) is 5.89. The molecule has 1 saturated heterocycles. The number of hydrogen-bond donors (Lipinski definition) is 0. The third-order valence-corrected chi connectivity index (χ3v) is 5.32. The monoisotopic (exact) mass is 326 g/mol. The molecule has 5 nitrogen and oxygen atoms in total. The molecule has 1 aliphatic heterocycles. The number of anilines is 1. The summed E-state index contributed by atoms with van der Waals surface area (Å²) in [6.45, 7) is 4.84. The van der Waals surface area contributed by atoms with Gasteiger partial charge in [-0.15, -0.1) is 11.3 Å². The largest absolute Gasteiger partial charge is 0.493 e. The Bertz CT molecular complexity index is 805. The van der Waals surface area contributed by atoms with Gasteiger partial charge < -0.3 is 9.64 Å². The Hall–Kier alpha value is -2.21. The molecule has 4 heterocycles. The maximum atomic E-state index is 5.87. The molecule has 0 saturated carbocycles. The molecule has 0 bridgehead atoms. The van der Waals surface area contributed by atoms with Crippen LogP contribution in [0.3, 0.4) is 0 Å². The van der Waals surface area contributed by atoms with Gasteiger partial charge in [0, 0.05) is 31.4 Å². The van der Waals surface area contributed by atoms with Crippen molar-refractivity contribution in [3.63, 3.8) is 0 Å². The van der Waals surface area contributed by atoms with Gasteiger partial charge in [0.2, 0.25) is 0 Å². The minimum Gasteiger partial charge on any atom is -0.493 e. The van der Waals surface area contributed by atoms with E-state index < -0.39 is 0 Å². The predicted octanol–water partition coefficient (Wildman–Crippen LogP) is 3.30. The fraction of sp³-hybridized carbons (Fsp3) is 0.353. The van der Waals surface area contributed by atoms with Crippen molar-refractivity contribution in [1.82, 2.24) is 15.0 Å². The summed E-state index contributed by atoms with van der Waals surface area (Å²) < 4.78 is 7.06. The number of ether oxygens (including phenoxy) is 1. The molecule has 6 heteroatoms. The summed E-state index contributed by atoms with van der Waals surface area (Å²) in [6.07, 6.45) is 6.32. The molecule has 0 spiro atoms. The Morgan fingerprint density at radius 1 is 1.30 bits per heavy atom. The number of aromatic nitrogens is 3. The van der Waals surface area contributed by atoms with Crippen LogP contribution in [0.15, 0.2) is 36.2 Å². The highest BCUT2D eigenvalue weighted by molar-refractivity contribution is 7.18. The van der Waals surface area contributed by atoms with Crippen molar-refractivity contribution in [2.45, 2.75) is 13.3 Å². The number of aryl methyl sites for hydroxylation is 1. The maximum absolute atomic E-state index is 5.87. The van der Waals surface area contributed by atoms with Crippen LogP contribution in [-0.4, -0.2) is 34.6 Å². The van der Waals surface area contributed by atoms with Crippen molar-refractivity contribution in [1.29, 1.82) is 0 Å². The molecule has 1 atom stereocenters. The van der Waals surface area contributed by atoms with Gasteiger partial charge in [-0.2, -0.15) is 0 Å². The minimum atomic E-state index is 0.522. The zero-order valence-electron chi connectivity index (χ0n) is 13.0. The van der Waals surface area contributed by atoms with Crippen LogP contribution in [0.25, 0.3) is 10.2 Å². The summed E-state index contributed by atoms with van der Waals surface area (Å²) in [5.41, 5.74) is 2.31. The average molecular weight is 326 g/mol. The molecule has 3 aromatic heterocycles. The van der Waals surface area contributed by atoms with Crippen molar-refractivity contribution in [3.05, 3.63) is 41.8 Å². The molecule has 0 aromatic carbocycles. The van der Waals surface area contributed by atoms with Crippen LogP contribution in [0.1, 0.15) is 12.0 Å². The number of hydrogen-bond acceptors (Lipinski definition) is 6.